The van der Waals surface area contributed by atoms with Gasteiger partial charge in [0.05, 0.1) is 19.7 Å². The van der Waals surface area contributed by atoms with E-state index < -0.39 is 0 Å². The Kier molecular flexibility index (Phi) is 5.10. The Hall–Kier alpha value is -2.41. The number of hydrogen-bond acceptors (Lipinski definition) is 5. The van der Waals surface area contributed by atoms with E-state index in [1.54, 1.807) is 13.4 Å². The molecule has 1 aliphatic heterocycles. The van der Waals surface area contributed by atoms with Crippen LogP contribution in [0.3, 0.4) is 0 Å². The van der Waals surface area contributed by atoms with Crippen molar-refractivity contribution in [3.05, 3.63) is 42.0 Å². The molecule has 1 amide bonds. The predicted molar refractivity (Wildman–Crippen MR) is 89.9 cm³/mol. The molecule has 2 heterocycles. The van der Waals surface area contributed by atoms with Crippen molar-refractivity contribution < 1.29 is 9.53 Å². The standard InChI is InChI=1S/C17H23N5O2/c1-3-21-9-8-18-17(23)15(21)10-16-19-12-20-22(16)11-13-4-6-14(24-2)7-5-13/h4-7,12,15H,3,8-11H2,1-2H3,(H,18,23)/t15-/m0/s1. The molecule has 7 heteroatoms. The molecule has 1 atom stereocenters. The van der Waals surface area contributed by atoms with Crippen LogP contribution >= 0.6 is 0 Å². The minimum Gasteiger partial charge on any atom is -0.497 e. The number of benzene rings is 1. The second-order valence-electron chi connectivity index (χ2n) is 5.82. The third-order valence-corrected chi connectivity index (χ3v) is 4.41. The van der Waals surface area contributed by atoms with Crippen LogP contribution in [0.25, 0.3) is 0 Å². The van der Waals surface area contributed by atoms with Gasteiger partial charge in [-0.25, -0.2) is 9.67 Å². The maximum absolute atomic E-state index is 12.2. The van der Waals surface area contributed by atoms with Crippen molar-refractivity contribution in [3.8, 4) is 5.75 Å². The van der Waals surface area contributed by atoms with Gasteiger partial charge in [0.15, 0.2) is 0 Å². The molecule has 24 heavy (non-hydrogen) atoms. The van der Waals surface area contributed by atoms with Crippen LogP contribution in [0, 0.1) is 0 Å². The van der Waals surface area contributed by atoms with Gasteiger partial charge in [-0.05, 0) is 24.2 Å². The van der Waals surface area contributed by atoms with Gasteiger partial charge in [-0.15, -0.1) is 0 Å². The second-order valence-corrected chi connectivity index (χ2v) is 5.82. The Balaban J connectivity index is 1.73. The van der Waals surface area contributed by atoms with Gasteiger partial charge in [0, 0.05) is 19.5 Å². The number of aromatic nitrogens is 3. The molecular formula is C17H23N5O2. The lowest BCUT2D eigenvalue weighted by molar-refractivity contribution is -0.128. The van der Waals surface area contributed by atoms with Crippen LogP contribution in [-0.4, -0.2) is 58.4 Å². The molecule has 2 aromatic rings. The van der Waals surface area contributed by atoms with E-state index in [9.17, 15) is 4.79 Å². The van der Waals surface area contributed by atoms with Crippen LogP contribution in [-0.2, 0) is 17.8 Å². The first-order valence-electron chi connectivity index (χ1n) is 8.22. The Bertz CT molecular complexity index is 683. The Morgan fingerprint density at radius 1 is 1.33 bits per heavy atom. The average Bonchev–Trinajstić information content (AvgIpc) is 3.04. The first kappa shape index (κ1) is 16.4. The van der Waals surface area contributed by atoms with E-state index in [0.717, 1.165) is 30.2 Å². The number of nitrogens with one attached hydrogen (secondary N) is 1. The molecule has 1 aliphatic rings. The molecule has 1 saturated heterocycles. The van der Waals surface area contributed by atoms with E-state index in [1.807, 2.05) is 28.9 Å². The highest BCUT2D eigenvalue weighted by atomic mass is 16.5. The second kappa shape index (κ2) is 7.44. The van der Waals surface area contributed by atoms with Gasteiger partial charge in [-0.3, -0.25) is 9.69 Å². The molecule has 1 aromatic carbocycles. The maximum Gasteiger partial charge on any atom is 0.237 e. The number of amides is 1. The third kappa shape index (κ3) is 3.56. The molecule has 1 fully saturated rings. The van der Waals surface area contributed by atoms with E-state index in [2.05, 4.69) is 27.2 Å². The van der Waals surface area contributed by atoms with E-state index >= 15 is 0 Å². The van der Waals surface area contributed by atoms with Gasteiger partial charge in [0.2, 0.25) is 5.91 Å². The van der Waals surface area contributed by atoms with Gasteiger partial charge in [-0.1, -0.05) is 19.1 Å². The summed E-state index contributed by atoms with van der Waals surface area (Å²) in [7, 11) is 1.65. The summed E-state index contributed by atoms with van der Waals surface area (Å²) in [5.74, 6) is 1.73. The van der Waals surface area contributed by atoms with Gasteiger partial charge < -0.3 is 10.1 Å². The fourth-order valence-electron chi connectivity index (χ4n) is 3.02. The SMILES string of the molecule is CCN1CCNC(=O)[C@@H]1Cc1ncnn1Cc1ccc(OC)cc1. The zero-order valence-electron chi connectivity index (χ0n) is 14.1. The first-order valence-corrected chi connectivity index (χ1v) is 8.22. The van der Waals surface area contributed by atoms with Gasteiger partial charge >= 0.3 is 0 Å². The monoisotopic (exact) mass is 329 g/mol. The Morgan fingerprint density at radius 3 is 2.83 bits per heavy atom. The van der Waals surface area contributed by atoms with Crippen LogP contribution in [0.15, 0.2) is 30.6 Å². The van der Waals surface area contributed by atoms with Crippen molar-refractivity contribution in [1.82, 2.24) is 25.0 Å². The summed E-state index contributed by atoms with van der Waals surface area (Å²) >= 11 is 0. The van der Waals surface area contributed by atoms with Crippen molar-refractivity contribution in [2.24, 2.45) is 0 Å². The maximum atomic E-state index is 12.2. The summed E-state index contributed by atoms with van der Waals surface area (Å²) in [6.07, 6.45) is 2.12. The summed E-state index contributed by atoms with van der Waals surface area (Å²) in [5, 5.41) is 7.26. The van der Waals surface area contributed by atoms with Gasteiger partial charge in [0.1, 0.15) is 17.9 Å². The molecular weight excluding hydrogens is 306 g/mol. The summed E-state index contributed by atoms with van der Waals surface area (Å²) < 4.78 is 7.04. The lowest BCUT2D eigenvalue weighted by Crippen LogP contribution is -2.56. The fraction of sp³-hybridized carbons (Fsp3) is 0.471. The topological polar surface area (TPSA) is 72.3 Å². The smallest absolute Gasteiger partial charge is 0.237 e. The van der Waals surface area contributed by atoms with Gasteiger partial charge in [0.25, 0.3) is 0 Å². The van der Waals surface area contributed by atoms with Crippen molar-refractivity contribution in [1.29, 1.82) is 0 Å². The number of piperazine rings is 1. The summed E-state index contributed by atoms with van der Waals surface area (Å²) in [5.41, 5.74) is 1.11. The highest BCUT2D eigenvalue weighted by Crippen LogP contribution is 2.14. The lowest BCUT2D eigenvalue weighted by Gasteiger charge is -2.33. The predicted octanol–water partition coefficient (Wildman–Crippen LogP) is 0.698. The van der Waals surface area contributed by atoms with Gasteiger partial charge in [-0.2, -0.15) is 5.10 Å². The Labute approximate surface area is 141 Å². The normalized spacial score (nSPS) is 18.4. The molecule has 0 unspecified atom stereocenters. The van der Waals surface area contributed by atoms with Crippen molar-refractivity contribution in [2.45, 2.75) is 25.9 Å². The lowest BCUT2D eigenvalue weighted by atomic mass is 10.1. The molecule has 1 N–H and O–H groups in total. The number of carbonyl (C=O) groups is 1. The van der Waals surface area contributed by atoms with E-state index in [-0.39, 0.29) is 11.9 Å². The molecule has 3 rings (SSSR count). The highest BCUT2D eigenvalue weighted by molar-refractivity contribution is 5.82. The number of hydrogen-bond donors (Lipinski definition) is 1. The minimum absolute atomic E-state index is 0.0714. The van der Waals surface area contributed by atoms with Crippen molar-refractivity contribution in [2.75, 3.05) is 26.7 Å². The fourth-order valence-corrected chi connectivity index (χ4v) is 3.02. The van der Waals surface area contributed by atoms with Crippen LogP contribution in [0.4, 0.5) is 0 Å². The largest absolute Gasteiger partial charge is 0.497 e. The van der Waals surface area contributed by atoms with Crippen molar-refractivity contribution >= 4 is 5.91 Å². The van der Waals surface area contributed by atoms with Crippen molar-refractivity contribution in [3.63, 3.8) is 0 Å². The van der Waals surface area contributed by atoms with Crippen LogP contribution < -0.4 is 10.1 Å². The van der Waals surface area contributed by atoms with Crippen LogP contribution in [0.1, 0.15) is 18.3 Å². The number of nitrogens with zero attached hydrogens (tertiary/aromatic N) is 4. The highest BCUT2D eigenvalue weighted by Gasteiger charge is 2.30. The number of methoxy groups -OCH3 is 1. The molecule has 1 aromatic heterocycles. The molecule has 128 valence electrons. The molecule has 0 aliphatic carbocycles. The zero-order valence-corrected chi connectivity index (χ0v) is 14.1. The van der Waals surface area contributed by atoms with E-state index in [1.165, 1.54) is 0 Å². The molecule has 0 bridgehead atoms. The first-order chi connectivity index (χ1) is 11.7. The molecule has 0 spiro atoms. The Morgan fingerprint density at radius 2 is 2.12 bits per heavy atom. The summed E-state index contributed by atoms with van der Waals surface area (Å²) in [6, 6.07) is 7.70. The van der Waals surface area contributed by atoms with Crippen LogP contribution in [0.2, 0.25) is 0 Å². The molecule has 0 saturated carbocycles. The zero-order chi connectivity index (χ0) is 16.9. The quantitative estimate of drug-likeness (QED) is 0.844. The summed E-state index contributed by atoms with van der Waals surface area (Å²) in [4.78, 5) is 18.8. The third-order valence-electron chi connectivity index (χ3n) is 4.41. The molecule has 7 nitrogen and oxygen atoms in total. The van der Waals surface area contributed by atoms with E-state index in [4.69, 9.17) is 4.74 Å². The van der Waals surface area contributed by atoms with E-state index in [0.29, 0.717) is 19.5 Å². The number of carbonyl (C=O) groups excluding carboxylic acids is 1. The number of rotatable bonds is 6. The molecule has 0 radical (unpaired) electrons. The average molecular weight is 329 g/mol. The minimum atomic E-state index is -0.178. The van der Waals surface area contributed by atoms with Crippen LogP contribution in [0.5, 0.6) is 5.75 Å². The number of ether oxygens (including phenoxy) is 1. The summed E-state index contributed by atoms with van der Waals surface area (Å²) in [6.45, 7) is 5.14. The number of likely N-dealkylation sites (N-methyl/N-ethyl adjacent to an activating group) is 1.